The molecule has 0 atom stereocenters. The predicted molar refractivity (Wildman–Crippen MR) is 103 cm³/mol. The van der Waals surface area contributed by atoms with E-state index in [2.05, 4.69) is 0 Å². The van der Waals surface area contributed by atoms with Crippen LogP contribution in [0.15, 0.2) is 24.3 Å². The first-order valence-corrected chi connectivity index (χ1v) is 9.93. The lowest BCUT2D eigenvalue weighted by atomic mass is 9.71. The summed E-state index contributed by atoms with van der Waals surface area (Å²) in [5.41, 5.74) is 6.61. The fourth-order valence-corrected chi connectivity index (χ4v) is 4.34. The molecule has 1 aliphatic carbocycles. The van der Waals surface area contributed by atoms with Crippen molar-refractivity contribution in [3.8, 4) is 0 Å². The Kier molecular flexibility index (Phi) is 6.20. The van der Waals surface area contributed by atoms with Crippen molar-refractivity contribution in [2.45, 2.75) is 38.5 Å². The molecule has 0 unspecified atom stereocenters. The molecule has 1 saturated carbocycles. The van der Waals surface area contributed by atoms with Gasteiger partial charge in [-0.2, -0.15) is 0 Å². The topological polar surface area (TPSA) is 66.6 Å². The van der Waals surface area contributed by atoms with E-state index in [1.807, 2.05) is 4.90 Å². The van der Waals surface area contributed by atoms with Crippen LogP contribution in [-0.4, -0.2) is 54.3 Å². The maximum absolute atomic E-state index is 12.8. The molecule has 2 N–H and O–H groups in total. The molecule has 0 radical (unpaired) electrons. The summed E-state index contributed by atoms with van der Waals surface area (Å²) in [5, 5.41) is 0.559. The maximum Gasteiger partial charge on any atom is 0.254 e. The molecule has 2 aliphatic rings. The second-order valence-corrected chi connectivity index (χ2v) is 8.06. The van der Waals surface area contributed by atoms with Gasteiger partial charge in [-0.3, -0.25) is 9.59 Å². The third kappa shape index (κ3) is 4.38. The van der Waals surface area contributed by atoms with Crippen LogP contribution in [0.3, 0.4) is 0 Å². The van der Waals surface area contributed by atoms with Crippen molar-refractivity contribution in [3.63, 3.8) is 0 Å². The van der Waals surface area contributed by atoms with Gasteiger partial charge in [-0.25, -0.2) is 0 Å². The van der Waals surface area contributed by atoms with E-state index < -0.39 is 0 Å². The first-order chi connectivity index (χ1) is 12.5. The number of halogens is 1. The summed E-state index contributed by atoms with van der Waals surface area (Å²) in [6.07, 6.45) is 6.26. The molecule has 6 heteroatoms. The van der Waals surface area contributed by atoms with E-state index in [1.54, 1.807) is 29.2 Å². The first-order valence-electron chi connectivity index (χ1n) is 9.56. The van der Waals surface area contributed by atoms with Gasteiger partial charge in [0.2, 0.25) is 5.91 Å². The standard InChI is InChI=1S/C20H28ClN3O2/c21-17-6-4-5-16(13-17)19(26)24-11-9-23(10-12-24)18(25)14-20(15-22)7-2-1-3-8-20/h4-6,13H,1-3,7-12,14-15,22H2. The van der Waals surface area contributed by atoms with Crippen molar-refractivity contribution < 1.29 is 9.59 Å². The van der Waals surface area contributed by atoms with E-state index in [1.165, 1.54) is 19.3 Å². The molecule has 1 aromatic rings. The average Bonchev–Trinajstić information content (AvgIpc) is 2.68. The van der Waals surface area contributed by atoms with E-state index in [9.17, 15) is 9.59 Å². The summed E-state index contributed by atoms with van der Waals surface area (Å²) in [6.45, 7) is 2.89. The van der Waals surface area contributed by atoms with Gasteiger partial charge in [0.25, 0.3) is 5.91 Å². The molecule has 2 amide bonds. The predicted octanol–water partition coefficient (Wildman–Crippen LogP) is 2.92. The van der Waals surface area contributed by atoms with Gasteiger partial charge in [0.1, 0.15) is 0 Å². The fraction of sp³-hybridized carbons (Fsp3) is 0.600. The molecule has 26 heavy (non-hydrogen) atoms. The number of piperazine rings is 1. The quantitative estimate of drug-likeness (QED) is 0.877. The summed E-state index contributed by atoms with van der Waals surface area (Å²) < 4.78 is 0. The first kappa shape index (κ1) is 19.2. The monoisotopic (exact) mass is 377 g/mol. The van der Waals surface area contributed by atoms with Crippen molar-refractivity contribution in [1.82, 2.24) is 9.80 Å². The van der Waals surface area contributed by atoms with Crippen molar-refractivity contribution in [2.75, 3.05) is 32.7 Å². The van der Waals surface area contributed by atoms with Gasteiger partial charge in [-0.05, 0) is 43.0 Å². The molecule has 1 aromatic carbocycles. The number of amides is 2. The number of hydrogen-bond donors (Lipinski definition) is 1. The molecule has 1 aliphatic heterocycles. The molecule has 5 nitrogen and oxygen atoms in total. The lowest BCUT2D eigenvalue weighted by Gasteiger charge is -2.39. The van der Waals surface area contributed by atoms with Crippen molar-refractivity contribution in [2.24, 2.45) is 11.1 Å². The van der Waals surface area contributed by atoms with Crippen molar-refractivity contribution in [1.29, 1.82) is 0 Å². The number of hydrogen-bond acceptors (Lipinski definition) is 3. The maximum atomic E-state index is 12.8. The second-order valence-electron chi connectivity index (χ2n) is 7.62. The van der Waals surface area contributed by atoms with Crippen LogP contribution in [0.4, 0.5) is 0 Å². The van der Waals surface area contributed by atoms with Gasteiger partial charge in [0.15, 0.2) is 0 Å². The Labute approximate surface area is 160 Å². The number of carbonyl (C=O) groups excluding carboxylic acids is 2. The molecule has 142 valence electrons. The minimum atomic E-state index is -0.0229. The Balaban J connectivity index is 1.54. The zero-order chi connectivity index (χ0) is 18.6. The van der Waals surface area contributed by atoms with E-state index in [-0.39, 0.29) is 17.2 Å². The molecule has 2 fully saturated rings. The highest BCUT2D eigenvalue weighted by molar-refractivity contribution is 6.30. The zero-order valence-corrected chi connectivity index (χ0v) is 16.0. The smallest absolute Gasteiger partial charge is 0.254 e. The minimum Gasteiger partial charge on any atom is -0.339 e. The molecular weight excluding hydrogens is 350 g/mol. The van der Waals surface area contributed by atoms with Gasteiger partial charge in [-0.15, -0.1) is 0 Å². The largest absolute Gasteiger partial charge is 0.339 e. The van der Waals surface area contributed by atoms with Crippen LogP contribution in [0.2, 0.25) is 5.02 Å². The highest BCUT2D eigenvalue weighted by atomic mass is 35.5. The summed E-state index contributed by atoms with van der Waals surface area (Å²) >= 11 is 5.98. The van der Waals surface area contributed by atoms with Crippen LogP contribution in [-0.2, 0) is 4.79 Å². The van der Waals surface area contributed by atoms with E-state index in [0.717, 1.165) is 12.8 Å². The van der Waals surface area contributed by atoms with Gasteiger partial charge >= 0.3 is 0 Å². The van der Waals surface area contributed by atoms with E-state index >= 15 is 0 Å². The Hall–Kier alpha value is -1.59. The number of benzene rings is 1. The van der Waals surface area contributed by atoms with Gasteiger partial charge < -0.3 is 15.5 Å². The average molecular weight is 378 g/mol. The van der Waals surface area contributed by atoms with Gasteiger partial charge in [-0.1, -0.05) is 36.9 Å². The minimum absolute atomic E-state index is 0.0108. The SMILES string of the molecule is NCC1(CC(=O)N2CCN(C(=O)c3cccc(Cl)c3)CC2)CCCCC1. The van der Waals surface area contributed by atoms with Crippen molar-refractivity contribution in [3.05, 3.63) is 34.9 Å². The Bertz CT molecular complexity index is 650. The molecule has 0 bridgehead atoms. The Morgan fingerprint density at radius 3 is 2.31 bits per heavy atom. The van der Waals surface area contributed by atoms with Crippen LogP contribution in [0, 0.1) is 5.41 Å². The normalized spacial score (nSPS) is 20.1. The fourth-order valence-electron chi connectivity index (χ4n) is 4.15. The van der Waals surface area contributed by atoms with E-state index in [4.69, 9.17) is 17.3 Å². The molecule has 1 heterocycles. The summed E-state index contributed by atoms with van der Waals surface area (Å²) in [4.78, 5) is 29.1. The zero-order valence-electron chi connectivity index (χ0n) is 15.3. The van der Waals surface area contributed by atoms with Crippen LogP contribution < -0.4 is 5.73 Å². The number of rotatable bonds is 4. The molecule has 1 saturated heterocycles. The molecular formula is C20H28ClN3O2. The van der Waals surface area contributed by atoms with Gasteiger partial charge in [0.05, 0.1) is 0 Å². The second kappa shape index (κ2) is 8.40. The highest BCUT2D eigenvalue weighted by Gasteiger charge is 2.35. The van der Waals surface area contributed by atoms with Crippen LogP contribution >= 0.6 is 11.6 Å². The number of carbonyl (C=O) groups is 2. The Morgan fingerprint density at radius 2 is 1.69 bits per heavy atom. The van der Waals surface area contributed by atoms with Crippen molar-refractivity contribution >= 4 is 23.4 Å². The van der Waals surface area contributed by atoms with E-state index in [0.29, 0.717) is 49.7 Å². The molecule has 3 rings (SSSR count). The highest BCUT2D eigenvalue weighted by Crippen LogP contribution is 2.38. The Morgan fingerprint density at radius 1 is 1.04 bits per heavy atom. The third-order valence-corrected chi connectivity index (χ3v) is 6.10. The summed E-state index contributed by atoms with van der Waals surface area (Å²) in [6, 6.07) is 7.01. The number of nitrogens with two attached hydrogens (primary N) is 1. The van der Waals surface area contributed by atoms with Gasteiger partial charge in [0, 0.05) is 43.2 Å². The summed E-state index contributed by atoms with van der Waals surface area (Å²) in [7, 11) is 0. The number of nitrogens with zero attached hydrogens (tertiary/aromatic N) is 2. The van der Waals surface area contributed by atoms with Crippen LogP contribution in [0.5, 0.6) is 0 Å². The summed E-state index contributed by atoms with van der Waals surface area (Å²) in [5.74, 6) is 0.164. The molecule has 0 aromatic heterocycles. The van der Waals surface area contributed by atoms with Crippen LogP contribution in [0.1, 0.15) is 48.9 Å². The lowest BCUT2D eigenvalue weighted by Crippen LogP contribution is -2.51. The lowest BCUT2D eigenvalue weighted by molar-refractivity contribution is -0.135. The third-order valence-electron chi connectivity index (χ3n) is 5.86. The van der Waals surface area contributed by atoms with Crippen LogP contribution in [0.25, 0.3) is 0 Å². The molecule has 0 spiro atoms.